The summed E-state index contributed by atoms with van der Waals surface area (Å²) in [6.07, 6.45) is 0. The Bertz CT molecular complexity index is 667. The number of hydrogen-bond donors (Lipinski definition) is 1. The van der Waals surface area contributed by atoms with Crippen molar-refractivity contribution in [3.05, 3.63) is 64.7 Å². The van der Waals surface area contributed by atoms with E-state index in [1.807, 2.05) is 0 Å². The van der Waals surface area contributed by atoms with Crippen molar-refractivity contribution in [3.8, 4) is 5.75 Å². The summed E-state index contributed by atoms with van der Waals surface area (Å²) in [5.41, 5.74) is 0.481. The van der Waals surface area contributed by atoms with Crippen molar-refractivity contribution in [1.82, 2.24) is 0 Å². The number of carboxylic acids is 1. The molecule has 1 atom stereocenters. The Morgan fingerprint density at radius 3 is 2.33 bits per heavy atom. The van der Waals surface area contributed by atoms with E-state index in [1.165, 1.54) is 13.2 Å². The first-order valence-electron chi connectivity index (χ1n) is 6.20. The van der Waals surface area contributed by atoms with Crippen LogP contribution in [0.1, 0.15) is 21.8 Å². The topological polar surface area (TPSA) is 63.6 Å². The van der Waals surface area contributed by atoms with E-state index < -0.39 is 17.7 Å². The maximum atomic E-state index is 12.6. The molecule has 1 unspecified atom stereocenters. The molecule has 0 bridgehead atoms. The van der Waals surface area contributed by atoms with Gasteiger partial charge in [-0.05, 0) is 17.7 Å². The predicted molar refractivity (Wildman–Crippen MR) is 79.2 cm³/mol. The number of ether oxygens (including phenoxy) is 1. The highest BCUT2D eigenvalue weighted by Gasteiger charge is 2.32. The van der Waals surface area contributed by atoms with E-state index in [-0.39, 0.29) is 16.3 Å². The minimum Gasteiger partial charge on any atom is -0.496 e. The lowest BCUT2D eigenvalue weighted by molar-refractivity contribution is -0.137. The number of carbonyl (C=O) groups excluding carboxylic acids is 1. The van der Waals surface area contributed by atoms with Crippen molar-refractivity contribution in [2.45, 2.75) is 5.92 Å². The van der Waals surface area contributed by atoms with Crippen LogP contribution in [0.3, 0.4) is 0 Å². The van der Waals surface area contributed by atoms with Crippen LogP contribution in [0.15, 0.2) is 48.5 Å². The first kappa shape index (κ1) is 15.1. The van der Waals surface area contributed by atoms with Crippen LogP contribution in [-0.2, 0) is 4.79 Å². The van der Waals surface area contributed by atoms with E-state index in [0.717, 1.165) is 0 Å². The number of halogens is 1. The number of rotatable bonds is 5. The van der Waals surface area contributed by atoms with E-state index in [0.29, 0.717) is 5.56 Å². The van der Waals surface area contributed by atoms with Crippen LogP contribution >= 0.6 is 11.6 Å². The molecule has 0 aliphatic carbocycles. The van der Waals surface area contributed by atoms with Crippen LogP contribution in [0.2, 0.25) is 5.02 Å². The Morgan fingerprint density at radius 1 is 1.10 bits per heavy atom. The molecule has 0 amide bonds. The van der Waals surface area contributed by atoms with E-state index in [1.54, 1.807) is 42.5 Å². The van der Waals surface area contributed by atoms with Gasteiger partial charge in [-0.15, -0.1) is 0 Å². The molecule has 0 aromatic heterocycles. The van der Waals surface area contributed by atoms with Gasteiger partial charge < -0.3 is 9.84 Å². The highest BCUT2D eigenvalue weighted by Crippen LogP contribution is 2.32. The third kappa shape index (κ3) is 3.06. The molecular weight excluding hydrogens is 292 g/mol. The molecule has 2 aromatic rings. The lowest BCUT2D eigenvalue weighted by Crippen LogP contribution is -2.22. The predicted octanol–water partition coefficient (Wildman–Crippen LogP) is 3.40. The maximum absolute atomic E-state index is 12.6. The smallest absolute Gasteiger partial charge is 0.318 e. The zero-order valence-corrected chi connectivity index (χ0v) is 12.0. The second-order valence-corrected chi connectivity index (χ2v) is 4.77. The van der Waals surface area contributed by atoms with E-state index >= 15 is 0 Å². The number of methoxy groups -OCH3 is 1. The molecule has 0 radical (unpaired) electrons. The summed E-state index contributed by atoms with van der Waals surface area (Å²) in [6.45, 7) is 0. The monoisotopic (exact) mass is 304 g/mol. The van der Waals surface area contributed by atoms with Crippen LogP contribution in [0.25, 0.3) is 0 Å². The first-order valence-corrected chi connectivity index (χ1v) is 6.58. The molecule has 2 aromatic carbocycles. The molecule has 21 heavy (non-hydrogen) atoms. The standard InChI is InChI=1S/C16H13ClO4/c1-21-12-9-5-8-11(17)14(12)15(18)13(16(19)20)10-6-3-2-4-7-10/h2-9,13H,1H3,(H,19,20). The summed E-state index contributed by atoms with van der Waals surface area (Å²) in [4.78, 5) is 24.2. The van der Waals surface area contributed by atoms with Crippen molar-refractivity contribution >= 4 is 23.4 Å². The molecule has 108 valence electrons. The van der Waals surface area contributed by atoms with E-state index in [4.69, 9.17) is 16.3 Å². The average molecular weight is 305 g/mol. The Hall–Kier alpha value is -2.33. The van der Waals surface area contributed by atoms with Gasteiger partial charge in [-0.3, -0.25) is 9.59 Å². The molecule has 0 saturated heterocycles. The Kier molecular flexibility index (Phi) is 4.60. The van der Waals surface area contributed by atoms with Gasteiger partial charge in [0.25, 0.3) is 0 Å². The number of carboxylic acid groups (broad SMARTS) is 1. The van der Waals surface area contributed by atoms with Gasteiger partial charge in [0.15, 0.2) is 5.78 Å². The second kappa shape index (κ2) is 6.41. The fourth-order valence-corrected chi connectivity index (χ4v) is 2.37. The van der Waals surface area contributed by atoms with Crippen LogP contribution in [0.4, 0.5) is 0 Å². The van der Waals surface area contributed by atoms with Gasteiger partial charge in [0, 0.05) is 0 Å². The maximum Gasteiger partial charge on any atom is 0.318 e. The summed E-state index contributed by atoms with van der Waals surface area (Å²) in [6, 6.07) is 13.0. The number of benzene rings is 2. The molecule has 2 rings (SSSR count). The van der Waals surface area contributed by atoms with E-state index in [9.17, 15) is 14.7 Å². The summed E-state index contributed by atoms with van der Waals surface area (Å²) in [5, 5.41) is 9.58. The van der Waals surface area contributed by atoms with Gasteiger partial charge in [-0.2, -0.15) is 0 Å². The summed E-state index contributed by atoms with van der Waals surface area (Å²) < 4.78 is 5.11. The third-order valence-corrected chi connectivity index (χ3v) is 3.40. The minimum atomic E-state index is -1.32. The number of carbonyl (C=O) groups is 2. The van der Waals surface area contributed by atoms with Crippen LogP contribution in [-0.4, -0.2) is 24.0 Å². The molecule has 0 heterocycles. The van der Waals surface area contributed by atoms with Crippen molar-refractivity contribution < 1.29 is 19.4 Å². The third-order valence-electron chi connectivity index (χ3n) is 3.08. The van der Waals surface area contributed by atoms with Crippen LogP contribution in [0.5, 0.6) is 5.75 Å². The normalized spacial score (nSPS) is 11.7. The van der Waals surface area contributed by atoms with Crippen molar-refractivity contribution in [3.63, 3.8) is 0 Å². The second-order valence-electron chi connectivity index (χ2n) is 4.36. The summed E-state index contributed by atoms with van der Waals surface area (Å²) in [5.74, 6) is -2.89. The first-order chi connectivity index (χ1) is 10.1. The van der Waals surface area contributed by atoms with Crippen molar-refractivity contribution in [1.29, 1.82) is 0 Å². The quantitative estimate of drug-likeness (QED) is 0.679. The van der Waals surface area contributed by atoms with Gasteiger partial charge in [-0.25, -0.2) is 0 Å². The summed E-state index contributed by atoms with van der Waals surface area (Å²) >= 11 is 6.05. The number of hydrogen-bond acceptors (Lipinski definition) is 3. The number of ketones is 1. The molecule has 0 spiro atoms. The van der Waals surface area contributed by atoms with Gasteiger partial charge in [-0.1, -0.05) is 48.0 Å². The van der Waals surface area contributed by atoms with E-state index in [2.05, 4.69) is 0 Å². The molecular formula is C16H13ClO4. The molecule has 0 aliphatic heterocycles. The average Bonchev–Trinajstić information content (AvgIpc) is 2.47. The highest BCUT2D eigenvalue weighted by molar-refractivity contribution is 6.35. The number of Topliss-reactive ketones (excluding diaryl/α,β-unsaturated/α-hetero) is 1. The molecule has 1 N–H and O–H groups in total. The number of aliphatic carboxylic acids is 1. The molecule has 5 heteroatoms. The van der Waals surface area contributed by atoms with Gasteiger partial charge in [0.05, 0.1) is 17.7 Å². The zero-order chi connectivity index (χ0) is 15.4. The molecule has 0 saturated carbocycles. The van der Waals surface area contributed by atoms with Gasteiger partial charge in [0.2, 0.25) is 0 Å². The van der Waals surface area contributed by atoms with Crippen LogP contribution in [0, 0.1) is 0 Å². The lowest BCUT2D eigenvalue weighted by atomic mass is 9.90. The van der Waals surface area contributed by atoms with Crippen LogP contribution < -0.4 is 4.74 Å². The molecule has 0 aliphatic rings. The summed E-state index contributed by atoms with van der Waals surface area (Å²) in [7, 11) is 1.40. The Labute approximate surface area is 126 Å². The van der Waals surface area contributed by atoms with Gasteiger partial charge >= 0.3 is 5.97 Å². The Balaban J connectivity index is 2.53. The molecule has 4 nitrogen and oxygen atoms in total. The zero-order valence-electron chi connectivity index (χ0n) is 11.2. The van der Waals surface area contributed by atoms with Gasteiger partial charge in [0.1, 0.15) is 11.7 Å². The fraction of sp³-hybridized carbons (Fsp3) is 0.125. The fourth-order valence-electron chi connectivity index (χ4n) is 2.11. The largest absolute Gasteiger partial charge is 0.496 e. The highest BCUT2D eigenvalue weighted by atomic mass is 35.5. The lowest BCUT2D eigenvalue weighted by Gasteiger charge is -2.15. The van der Waals surface area contributed by atoms with Crippen molar-refractivity contribution in [2.24, 2.45) is 0 Å². The SMILES string of the molecule is COc1cccc(Cl)c1C(=O)C(C(=O)O)c1ccccc1. The van der Waals surface area contributed by atoms with Crippen molar-refractivity contribution in [2.75, 3.05) is 7.11 Å². The molecule has 0 fully saturated rings. The minimum absolute atomic E-state index is 0.0814. The Morgan fingerprint density at radius 2 is 1.76 bits per heavy atom.